The molecule has 0 bridgehead atoms. The zero-order chi connectivity index (χ0) is 13.2. The van der Waals surface area contributed by atoms with E-state index in [9.17, 15) is 9.18 Å². The van der Waals surface area contributed by atoms with Crippen LogP contribution in [0.1, 0.15) is 30.9 Å². The highest BCUT2D eigenvalue weighted by atomic mass is 32.2. The standard InChI is InChI=1S/C14H17FN2OS/c15-9-1-4-13-11(7-9)12(5-6-19-13)17-14(18)8-16-10-2-3-10/h1,4,7,10,12,16H,2-3,5-6,8H2,(H,17,18). The molecule has 1 heterocycles. The van der Waals surface area contributed by atoms with Crippen LogP contribution in [-0.2, 0) is 4.79 Å². The molecule has 1 unspecified atom stereocenters. The summed E-state index contributed by atoms with van der Waals surface area (Å²) in [6, 6.07) is 5.29. The average Bonchev–Trinajstić information content (AvgIpc) is 3.21. The fourth-order valence-electron chi connectivity index (χ4n) is 2.29. The first-order valence-electron chi connectivity index (χ1n) is 6.67. The van der Waals surface area contributed by atoms with Gasteiger partial charge < -0.3 is 10.6 Å². The quantitative estimate of drug-likeness (QED) is 0.888. The van der Waals surface area contributed by atoms with Crippen LogP contribution < -0.4 is 10.6 Å². The summed E-state index contributed by atoms with van der Waals surface area (Å²) in [6.07, 6.45) is 3.19. The molecule has 3 rings (SSSR count). The van der Waals surface area contributed by atoms with Crippen molar-refractivity contribution in [2.75, 3.05) is 12.3 Å². The first-order chi connectivity index (χ1) is 9.22. The molecule has 1 aromatic rings. The normalized spacial score (nSPS) is 21.8. The zero-order valence-corrected chi connectivity index (χ0v) is 11.4. The molecule has 2 aliphatic rings. The first kappa shape index (κ1) is 12.9. The minimum atomic E-state index is -0.239. The molecular formula is C14H17FN2OS. The number of fused-ring (bicyclic) bond motifs is 1. The molecule has 1 aliphatic carbocycles. The predicted molar refractivity (Wildman–Crippen MR) is 73.6 cm³/mol. The Morgan fingerprint density at radius 2 is 2.21 bits per heavy atom. The number of carbonyl (C=O) groups excluding carboxylic acids is 1. The second-order valence-electron chi connectivity index (χ2n) is 5.09. The van der Waals surface area contributed by atoms with Gasteiger partial charge in [-0.1, -0.05) is 0 Å². The summed E-state index contributed by atoms with van der Waals surface area (Å²) in [6.45, 7) is 0.360. The molecule has 102 valence electrons. The number of amides is 1. The Labute approximate surface area is 116 Å². The van der Waals surface area contributed by atoms with Gasteiger partial charge in [0.15, 0.2) is 0 Å². The highest BCUT2D eigenvalue weighted by Crippen LogP contribution is 2.36. The summed E-state index contributed by atoms with van der Waals surface area (Å²) in [7, 11) is 0. The van der Waals surface area contributed by atoms with Gasteiger partial charge in [0.05, 0.1) is 12.6 Å². The summed E-state index contributed by atoms with van der Waals surface area (Å²) in [5, 5.41) is 6.19. The SMILES string of the molecule is O=C(CNC1CC1)NC1CCSc2ccc(F)cc21. The summed E-state index contributed by atoms with van der Waals surface area (Å²) in [5.74, 6) is 0.718. The second-order valence-corrected chi connectivity index (χ2v) is 6.23. The Balaban J connectivity index is 1.64. The lowest BCUT2D eigenvalue weighted by Crippen LogP contribution is -2.38. The summed E-state index contributed by atoms with van der Waals surface area (Å²) in [5.41, 5.74) is 0.913. The third-order valence-electron chi connectivity index (χ3n) is 3.48. The van der Waals surface area contributed by atoms with Crippen molar-refractivity contribution >= 4 is 17.7 Å². The first-order valence-corrected chi connectivity index (χ1v) is 7.66. The fraction of sp³-hybridized carbons (Fsp3) is 0.500. The van der Waals surface area contributed by atoms with Crippen LogP contribution in [0, 0.1) is 5.82 Å². The molecule has 2 N–H and O–H groups in total. The number of hydrogen-bond acceptors (Lipinski definition) is 3. The summed E-state index contributed by atoms with van der Waals surface area (Å²) in [4.78, 5) is 12.9. The Morgan fingerprint density at radius 3 is 3.00 bits per heavy atom. The molecule has 3 nitrogen and oxygen atoms in total. The van der Waals surface area contributed by atoms with E-state index in [4.69, 9.17) is 0 Å². The van der Waals surface area contributed by atoms with Crippen LogP contribution in [0.3, 0.4) is 0 Å². The second kappa shape index (κ2) is 5.51. The molecular weight excluding hydrogens is 263 g/mol. The summed E-state index contributed by atoms with van der Waals surface area (Å²) >= 11 is 1.72. The van der Waals surface area contributed by atoms with E-state index >= 15 is 0 Å². The van der Waals surface area contributed by atoms with Gasteiger partial charge in [0.25, 0.3) is 0 Å². The van der Waals surface area contributed by atoms with Crippen LogP contribution in [0.4, 0.5) is 4.39 Å². The molecule has 0 aromatic heterocycles. The van der Waals surface area contributed by atoms with Gasteiger partial charge in [-0.2, -0.15) is 0 Å². The average molecular weight is 280 g/mol. The molecule has 0 spiro atoms. The van der Waals surface area contributed by atoms with Crippen LogP contribution in [0.25, 0.3) is 0 Å². The van der Waals surface area contributed by atoms with E-state index in [1.165, 1.54) is 18.9 Å². The Morgan fingerprint density at radius 1 is 1.37 bits per heavy atom. The lowest BCUT2D eigenvalue weighted by Gasteiger charge is -2.26. The van der Waals surface area contributed by atoms with Crippen molar-refractivity contribution < 1.29 is 9.18 Å². The van der Waals surface area contributed by atoms with E-state index in [2.05, 4.69) is 10.6 Å². The Hall–Kier alpha value is -1.07. The molecule has 19 heavy (non-hydrogen) atoms. The molecule has 1 aromatic carbocycles. The smallest absolute Gasteiger partial charge is 0.234 e. The number of thioether (sulfide) groups is 1. The number of rotatable bonds is 4. The molecule has 5 heteroatoms. The number of hydrogen-bond donors (Lipinski definition) is 2. The third kappa shape index (κ3) is 3.28. The lowest BCUT2D eigenvalue weighted by molar-refractivity contribution is -0.121. The predicted octanol–water partition coefficient (Wildman–Crippen LogP) is 2.23. The summed E-state index contributed by atoms with van der Waals surface area (Å²) < 4.78 is 13.3. The minimum Gasteiger partial charge on any atom is -0.348 e. The highest BCUT2D eigenvalue weighted by Gasteiger charge is 2.24. The molecule has 0 saturated heterocycles. The van der Waals surface area contributed by atoms with Crippen LogP contribution in [0.5, 0.6) is 0 Å². The van der Waals surface area contributed by atoms with E-state index < -0.39 is 0 Å². The van der Waals surface area contributed by atoms with Gasteiger partial charge in [-0.15, -0.1) is 11.8 Å². The topological polar surface area (TPSA) is 41.1 Å². The lowest BCUT2D eigenvalue weighted by atomic mass is 10.0. The molecule has 0 radical (unpaired) electrons. The number of nitrogens with one attached hydrogen (secondary N) is 2. The molecule has 1 aliphatic heterocycles. The van der Waals surface area contributed by atoms with Crippen molar-refractivity contribution in [1.82, 2.24) is 10.6 Å². The maximum absolute atomic E-state index is 13.3. The van der Waals surface area contributed by atoms with E-state index in [-0.39, 0.29) is 17.8 Å². The van der Waals surface area contributed by atoms with Crippen molar-refractivity contribution in [2.24, 2.45) is 0 Å². The fourth-order valence-corrected chi connectivity index (χ4v) is 3.39. The number of benzene rings is 1. The van der Waals surface area contributed by atoms with Gasteiger partial charge in [0.2, 0.25) is 5.91 Å². The van der Waals surface area contributed by atoms with Crippen LogP contribution in [0.15, 0.2) is 23.1 Å². The van der Waals surface area contributed by atoms with Gasteiger partial charge in [-0.25, -0.2) is 4.39 Å². The number of halogens is 1. The van der Waals surface area contributed by atoms with Gasteiger partial charge in [0.1, 0.15) is 5.82 Å². The van der Waals surface area contributed by atoms with Gasteiger partial charge in [0, 0.05) is 16.7 Å². The van der Waals surface area contributed by atoms with Crippen molar-refractivity contribution in [3.8, 4) is 0 Å². The molecule has 1 saturated carbocycles. The van der Waals surface area contributed by atoms with Crippen molar-refractivity contribution in [2.45, 2.75) is 36.2 Å². The number of carbonyl (C=O) groups is 1. The van der Waals surface area contributed by atoms with Crippen molar-refractivity contribution in [3.05, 3.63) is 29.6 Å². The maximum Gasteiger partial charge on any atom is 0.234 e. The Bertz CT molecular complexity index is 490. The van der Waals surface area contributed by atoms with Crippen LogP contribution in [0.2, 0.25) is 0 Å². The third-order valence-corrected chi connectivity index (χ3v) is 4.60. The van der Waals surface area contributed by atoms with Crippen LogP contribution in [-0.4, -0.2) is 24.2 Å². The van der Waals surface area contributed by atoms with Crippen LogP contribution >= 0.6 is 11.8 Å². The van der Waals surface area contributed by atoms with Gasteiger partial charge in [-0.3, -0.25) is 4.79 Å². The minimum absolute atomic E-state index is 0.000916. The Kier molecular flexibility index (Phi) is 3.75. The van der Waals surface area contributed by atoms with Gasteiger partial charge >= 0.3 is 0 Å². The van der Waals surface area contributed by atoms with E-state index in [1.54, 1.807) is 23.9 Å². The zero-order valence-electron chi connectivity index (χ0n) is 10.6. The van der Waals surface area contributed by atoms with E-state index in [0.29, 0.717) is 12.6 Å². The van der Waals surface area contributed by atoms with Crippen molar-refractivity contribution in [1.29, 1.82) is 0 Å². The van der Waals surface area contributed by atoms with E-state index in [1.807, 2.05) is 0 Å². The van der Waals surface area contributed by atoms with Crippen molar-refractivity contribution in [3.63, 3.8) is 0 Å². The molecule has 1 amide bonds. The maximum atomic E-state index is 13.3. The molecule has 1 atom stereocenters. The molecule has 1 fully saturated rings. The van der Waals surface area contributed by atoms with E-state index in [0.717, 1.165) is 22.6 Å². The largest absolute Gasteiger partial charge is 0.348 e. The van der Waals surface area contributed by atoms with Gasteiger partial charge in [-0.05, 0) is 43.0 Å². The monoisotopic (exact) mass is 280 g/mol. The highest BCUT2D eigenvalue weighted by molar-refractivity contribution is 7.99.